The molecule has 8 nitrogen and oxygen atoms in total. The third-order valence-electron chi connectivity index (χ3n) is 4.61. The van der Waals surface area contributed by atoms with Crippen LogP contribution in [-0.2, 0) is 6.42 Å². The van der Waals surface area contributed by atoms with Gasteiger partial charge in [-0.1, -0.05) is 0 Å². The van der Waals surface area contributed by atoms with Gasteiger partial charge in [0.25, 0.3) is 0 Å². The number of anilines is 2. The van der Waals surface area contributed by atoms with Gasteiger partial charge in [0, 0.05) is 24.5 Å². The maximum atomic E-state index is 5.66. The molecule has 0 radical (unpaired) electrons. The first-order valence-corrected chi connectivity index (χ1v) is 9.50. The van der Waals surface area contributed by atoms with Crippen molar-refractivity contribution in [2.75, 3.05) is 30.3 Å². The Kier molecular flexibility index (Phi) is 4.75. The van der Waals surface area contributed by atoms with Crippen LogP contribution in [0.3, 0.4) is 0 Å². The van der Waals surface area contributed by atoms with Crippen molar-refractivity contribution in [1.29, 1.82) is 0 Å². The Balaban J connectivity index is 1.24. The normalized spacial score (nSPS) is 15.9. The number of hydrogen-bond acceptors (Lipinski definition) is 8. The fourth-order valence-electron chi connectivity index (χ4n) is 3.30. The Morgan fingerprint density at radius 3 is 2.96 bits per heavy atom. The number of H-pyrrole nitrogens is 1. The fourth-order valence-corrected chi connectivity index (χ4v) is 3.90. The summed E-state index contributed by atoms with van der Waals surface area (Å²) in [5, 5.41) is 6.37. The molecule has 1 fully saturated rings. The lowest BCUT2D eigenvalue weighted by Gasteiger charge is -2.33. The van der Waals surface area contributed by atoms with Crippen LogP contribution in [0.15, 0.2) is 18.0 Å². The Morgan fingerprint density at radius 2 is 2.16 bits per heavy atom. The highest BCUT2D eigenvalue weighted by Gasteiger charge is 2.21. The smallest absolute Gasteiger partial charge is 0.182 e. The van der Waals surface area contributed by atoms with Crippen molar-refractivity contribution in [2.45, 2.75) is 31.7 Å². The lowest BCUT2D eigenvalue weighted by Crippen LogP contribution is -2.43. The number of aromatic nitrogens is 5. The van der Waals surface area contributed by atoms with E-state index in [9.17, 15) is 0 Å². The van der Waals surface area contributed by atoms with Gasteiger partial charge in [-0.05, 0) is 32.2 Å². The van der Waals surface area contributed by atoms with E-state index >= 15 is 0 Å². The highest BCUT2D eigenvalue weighted by molar-refractivity contribution is 7.13. The Morgan fingerprint density at radius 1 is 1.28 bits per heavy atom. The molecule has 0 bridgehead atoms. The topological polar surface area (TPSA) is 109 Å². The van der Waals surface area contributed by atoms with E-state index in [0.717, 1.165) is 68.0 Å². The molecule has 9 heteroatoms. The van der Waals surface area contributed by atoms with Gasteiger partial charge in [0.05, 0.1) is 12.0 Å². The highest BCUT2D eigenvalue weighted by atomic mass is 32.1. The van der Waals surface area contributed by atoms with Gasteiger partial charge < -0.3 is 20.9 Å². The quantitative estimate of drug-likeness (QED) is 0.574. The van der Waals surface area contributed by atoms with Crippen molar-refractivity contribution < 1.29 is 0 Å². The van der Waals surface area contributed by atoms with E-state index < -0.39 is 0 Å². The van der Waals surface area contributed by atoms with E-state index in [1.54, 1.807) is 12.7 Å². The summed E-state index contributed by atoms with van der Waals surface area (Å²) in [5.74, 6) is 0.960. The van der Waals surface area contributed by atoms with Crippen LogP contribution in [-0.4, -0.2) is 50.6 Å². The number of nitrogen functional groups attached to an aromatic ring is 1. The molecular weight excluding hydrogens is 336 g/mol. The predicted molar refractivity (Wildman–Crippen MR) is 99.8 cm³/mol. The predicted octanol–water partition coefficient (Wildman–Crippen LogP) is 1.58. The van der Waals surface area contributed by atoms with Crippen LogP contribution in [0.5, 0.6) is 0 Å². The average molecular weight is 358 g/mol. The van der Waals surface area contributed by atoms with Gasteiger partial charge in [0.15, 0.2) is 16.6 Å². The van der Waals surface area contributed by atoms with Crippen molar-refractivity contribution in [3.63, 3.8) is 0 Å². The lowest BCUT2D eigenvalue weighted by molar-refractivity contribution is 0.412. The molecule has 0 amide bonds. The number of fused-ring (bicyclic) bond motifs is 1. The molecule has 4 rings (SSSR count). The summed E-state index contributed by atoms with van der Waals surface area (Å²) < 4.78 is 0. The summed E-state index contributed by atoms with van der Waals surface area (Å²) in [5.41, 5.74) is 8.42. The van der Waals surface area contributed by atoms with Crippen LogP contribution in [0.1, 0.15) is 25.0 Å². The summed E-state index contributed by atoms with van der Waals surface area (Å²) in [6.07, 6.45) is 7.57. The molecule has 1 aliphatic heterocycles. The molecule has 25 heavy (non-hydrogen) atoms. The molecule has 0 unspecified atom stereocenters. The zero-order chi connectivity index (χ0) is 17.1. The van der Waals surface area contributed by atoms with Crippen LogP contribution < -0.4 is 16.0 Å². The highest BCUT2D eigenvalue weighted by Crippen LogP contribution is 2.23. The Labute approximate surface area is 149 Å². The maximum absolute atomic E-state index is 5.66. The zero-order valence-corrected chi connectivity index (χ0v) is 14.8. The number of nitrogens with zero attached hydrogens (tertiary/aromatic N) is 5. The van der Waals surface area contributed by atoms with Crippen LogP contribution in [0, 0.1) is 0 Å². The number of hydrogen-bond donors (Lipinski definition) is 3. The molecule has 4 N–H and O–H groups in total. The Bertz CT molecular complexity index is 820. The number of piperidine rings is 1. The van der Waals surface area contributed by atoms with E-state index in [0.29, 0.717) is 11.2 Å². The zero-order valence-electron chi connectivity index (χ0n) is 14.0. The number of aromatic amines is 1. The summed E-state index contributed by atoms with van der Waals surface area (Å²) in [6.45, 7) is 3.00. The minimum Gasteiger partial charge on any atom is -0.375 e. The molecule has 0 aliphatic carbocycles. The first-order valence-electron chi connectivity index (χ1n) is 8.62. The molecule has 0 atom stereocenters. The molecule has 1 aliphatic rings. The third-order valence-corrected chi connectivity index (χ3v) is 5.33. The van der Waals surface area contributed by atoms with E-state index in [2.05, 4.69) is 35.1 Å². The molecule has 0 spiro atoms. The van der Waals surface area contributed by atoms with Crippen molar-refractivity contribution in [3.8, 4) is 0 Å². The van der Waals surface area contributed by atoms with Crippen LogP contribution >= 0.6 is 11.3 Å². The second-order valence-corrected chi connectivity index (χ2v) is 7.18. The van der Waals surface area contributed by atoms with Gasteiger partial charge in [-0.2, -0.15) is 0 Å². The molecule has 3 aromatic heterocycles. The number of aryl methyl sites for hydroxylation is 1. The number of imidazole rings is 1. The molecule has 132 valence electrons. The minimum atomic E-state index is 0.566. The first-order chi connectivity index (χ1) is 12.3. The largest absolute Gasteiger partial charge is 0.375 e. The van der Waals surface area contributed by atoms with Gasteiger partial charge in [-0.25, -0.2) is 19.9 Å². The molecule has 3 aromatic rings. The van der Waals surface area contributed by atoms with E-state index in [1.165, 1.54) is 11.3 Å². The van der Waals surface area contributed by atoms with Crippen molar-refractivity contribution in [1.82, 2.24) is 30.2 Å². The molecular formula is C16H22N8S. The fraction of sp³-hybridized carbons (Fsp3) is 0.500. The number of nitrogens with one attached hydrogen (secondary N) is 2. The average Bonchev–Trinajstić information content (AvgIpc) is 3.28. The molecule has 0 saturated carbocycles. The first kappa shape index (κ1) is 16.2. The third kappa shape index (κ3) is 3.72. The van der Waals surface area contributed by atoms with E-state index in [1.807, 2.05) is 5.38 Å². The maximum Gasteiger partial charge on any atom is 0.182 e. The summed E-state index contributed by atoms with van der Waals surface area (Å²) >= 11 is 1.51. The van der Waals surface area contributed by atoms with Crippen molar-refractivity contribution >= 4 is 33.5 Å². The monoisotopic (exact) mass is 358 g/mol. The summed E-state index contributed by atoms with van der Waals surface area (Å²) in [4.78, 5) is 22.6. The lowest BCUT2D eigenvalue weighted by atomic mass is 10.0. The SMILES string of the molecule is Nc1nc(CCCNC2CCN(c3ncnc4nc[nH]c34)CC2)cs1. The van der Waals surface area contributed by atoms with E-state index in [-0.39, 0.29) is 0 Å². The second-order valence-electron chi connectivity index (χ2n) is 6.29. The van der Waals surface area contributed by atoms with Gasteiger partial charge >= 0.3 is 0 Å². The summed E-state index contributed by atoms with van der Waals surface area (Å²) in [7, 11) is 0. The van der Waals surface area contributed by atoms with Crippen molar-refractivity contribution in [2.24, 2.45) is 0 Å². The van der Waals surface area contributed by atoms with Crippen molar-refractivity contribution in [3.05, 3.63) is 23.7 Å². The Hall–Kier alpha value is -2.26. The molecule has 0 aromatic carbocycles. The number of thiazole rings is 1. The number of rotatable bonds is 6. The minimum absolute atomic E-state index is 0.566. The standard InChI is InChI=1S/C16H22N8S/c17-16-23-12(8-25-16)2-1-5-18-11-3-6-24(7-4-11)15-13-14(20-9-19-13)21-10-22-15/h8-11,18H,1-7H2,(H2,17,23)(H,19,20,21,22). The van der Waals surface area contributed by atoms with Crippen LogP contribution in [0.2, 0.25) is 0 Å². The van der Waals surface area contributed by atoms with Gasteiger partial charge in [-0.3, -0.25) is 0 Å². The molecule has 1 saturated heterocycles. The van der Waals surface area contributed by atoms with Gasteiger partial charge in [-0.15, -0.1) is 11.3 Å². The van der Waals surface area contributed by atoms with Crippen LogP contribution in [0.4, 0.5) is 10.9 Å². The number of nitrogens with two attached hydrogens (primary N) is 1. The van der Waals surface area contributed by atoms with E-state index in [4.69, 9.17) is 5.73 Å². The van der Waals surface area contributed by atoms with Crippen LogP contribution in [0.25, 0.3) is 11.2 Å². The van der Waals surface area contributed by atoms with Gasteiger partial charge in [0.2, 0.25) is 0 Å². The second kappa shape index (κ2) is 7.32. The van der Waals surface area contributed by atoms with Gasteiger partial charge in [0.1, 0.15) is 11.8 Å². The molecule has 4 heterocycles. The summed E-state index contributed by atoms with van der Waals surface area (Å²) in [6, 6.07) is 0.566.